The highest BCUT2D eigenvalue weighted by molar-refractivity contribution is 5.72. The van der Waals surface area contributed by atoms with Gasteiger partial charge in [0.1, 0.15) is 0 Å². The van der Waals surface area contributed by atoms with Gasteiger partial charge < -0.3 is 4.74 Å². The number of esters is 1. The number of hydrogen-bond donors (Lipinski definition) is 0. The number of ether oxygens (including phenoxy) is 1. The molecule has 0 saturated heterocycles. The minimum Gasteiger partial charge on any atom is -0.469 e. The fraction of sp³-hybridized carbons (Fsp3) is 0.800. The summed E-state index contributed by atoms with van der Waals surface area (Å²) in [4.78, 5) is 11.5. The number of nitrogens with zero attached hydrogens (tertiary/aromatic N) is 4. The standard InChI is InChI=1S/C10H16N4O2/c1-14-9(11-12-13-14)7-4-3-5-8(6-7)10(15)16-2/h7-8H,3-6H2,1-2H3/t7-,8+/m1/s1. The normalized spacial score (nSPS) is 25.4. The summed E-state index contributed by atoms with van der Waals surface area (Å²) in [6, 6.07) is 0. The van der Waals surface area contributed by atoms with E-state index in [0.29, 0.717) is 0 Å². The molecule has 1 aromatic heterocycles. The molecule has 1 fully saturated rings. The lowest BCUT2D eigenvalue weighted by atomic mass is 9.81. The number of aryl methyl sites for hydroxylation is 1. The molecule has 6 heteroatoms. The van der Waals surface area contributed by atoms with Gasteiger partial charge in [-0.25, -0.2) is 4.68 Å². The van der Waals surface area contributed by atoms with Gasteiger partial charge in [0, 0.05) is 13.0 Å². The average molecular weight is 224 g/mol. The molecule has 0 spiro atoms. The van der Waals surface area contributed by atoms with Gasteiger partial charge in [0.15, 0.2) is 5.82 Å². The lowest BCUT2D eigenvalue weighted by molar-refractivity contribution is -0.146. The molecule has 2 rings (SSSR count). The van der Waals surface area contributed by atoms with Crippen molar-refractivity contribution in [2.45, 2.75) is 31.6 Å². The van der Waals surface area contributed by atoms with Crippen LogP contribution in [0.3, 0.4) is 0 Å². The summed E-state index contributed by atoms with van der Waals surface area (Å²) in [5.74, 6) is 1.03. The van der Waals surface area contributed by atoms with E-state index in [2.05, 4.69) is 15.5 Å². The van der Waals surface area contributed by atoms with E-state index in [1.807, 2.05) is 7.05 Å². The molecule has 0 aromatic carbocycles. The Morgan fingerprint density at radius 2 is 2.31 bits per heavy atom. The van der Waals surface area contributed by atoms with Gasteiger partial charge in [0.25, 0.3) is 0 Å². The molecule has 16 heavy (non-hydrogen) atoms. The number of methoxy groups -OCH3 is 1. The number of tetrazole rings is 1. The zero-order valence-corrected chi connectivity index (χ0v) is 9.59. The summed E-state index contributed by atoms with van der Waals surface area (Å²) in [5, 5.41) is 11.5. The van der Waals surface area contributed by atoms with E-state index in [1.165, 1.54) is 7.11 Å². The first-order chi connectivity index (χ1) is 7.72. The van der Waals surface area contributed by atoms with Crippen molar-refractivity contribution in [2.75, 3.05) is 7.11 Å². The summed E-state index contributed by atoms with van der Waals surface area (Å²) in [7, 11) is 3.27. The van der Waals surface area contributed by atoms with Gasteiger partial charge in [0.05, 0.1) is 13.0 Å². The van der Waals surface area contributed by atoms with Gasteiger partial charge in [-0.2, -0.15) is 0 Å². The Kier molecular flexibility index (Phi) is 3.17. The molecule has 0 N–H and O–H groups in total. The van der Waals surface area contributed by atoms with Gasteiger partial charge in [-0.15, -0.1) is 5.10 Å². The van der Waals surface area contributed by atoms with Crippen LogP contribution in [0, 0.1) is 5.92 Å². The highest BCUT2D eigenvalue weighted by Crippen LogP contribution is 2.35. The maximum absolute atomic E-state index is 11.5. The van der Waals surface area contributed by atoms with Crippen LogP contribution in [0.15, 0.2) is 0 Å². The van der Waals surface area contributed by atoms with Crippen LogP contribution >= 0.6 is 0 Å². The smallest absolute Gasteiger partial charge is 0.308 e. The van der Waals surface area contributed by atoms with Gasteiger partial charge in [-0.05, 0) is 29.7 Å². The summed E-state index contributed by atoms with van der Waals surface area (Å²) < 4.78 is 6.47. The molecule has 1 saturated carbocycles. The van der Waals surface area contributed by atoms with Gasteiger partial charge in [-0.1, -0.05) is 6.42 Å². The van der Waals surface area contributed by atoms with Crippen LogP contribution < -0.4 is 0 Å². The number of carbonyl (C=O) groups is 1. The molecule has 88 valence electrons. The molecule has 0 amide bonds. The van der Waals surface area contributed by atoms with Crippen LogP contribution in [0.2, 0.25) is 0 Å². The molecule has 0 bridgehead atoms. The second-order valence-electron chi connectivity index (χ2n) is 4.24. The van der Waals surface area contributed by atoms with Gasteiger partial charge >= 0.3 is 5.97 Å². The van der Waals surface area contributed by atoms with Crippen LogP contribution in [0.5, 0.6) is 0 Å². The topological polar surface area (TPSA) is 69.9 Å². The van der Waals surface area contributed by atoms with Crippen molar-refractivity contribution in [3.05, 3.63) is 5.82 Å². The van der Waals surface area contributed by atoms with E-state index < -0.39 is 0 Å². The lowest BCUT2D eigenvalue weighted by Gasteiger charge is -2.26. The van der Waals surface area contributed by atoms with Crippen molar-refractivity contribution in [3.8, 4) is 0 Å². The fourth-order valence-corrected chi connectivity index (χ4v) is 2.39. The number of rotatable bonds is 2. The van der Waals surface area contributed by atoms with Crippen molar-refractivity contribution < 1.29 is 9.53 Å². The molecule has 0 aliphatic heterocycles. The third-order valence-electron chi connectivity index (χ3n) is 3.23. The lowest BCUT2D eigenvalue weighted by Crippen LogP contribution is -2.24. The second-order valence-corrected chi connectivity index (χ2v) is 4.24. The predicted molar refractivity (Wildman–Crippen MR) is 55.5 cm³/mol. The third-order valence-corrected chi connectivity index (χ3v) is 3.23. The van der Waals surface area contributed by atoms with E-state index in [-0.39, 0.29) is 17.8 Å². The summed E-state index contributed by atoms with van der Waals surface area (Å²) in [6.45, 7) is 0. The first-order valence-electron chi connectivity index (χ1n) is 5.52. The molecule has 1 heterocycles. The Balaban J connectivity index is 2.07. The van der Waals surface area contributed by atoms with Crippen LogP contribution in [0.1, 0.15) is 37.4 Å². The van der Waals surface area contributed by atoms with Crippen LogP contribution in [-0.2, 0) is 16.6 Å². The Labute approximate surface area is 94.0 Å². The summed E-state index contributed by atoms with van der Waals surface area (Å²) in [5.41, 5.74) is 0. The maximum Gasteiger partial charge on any atom is 0.308 e. The average Bonchev–Trinajstić information content (AvgIpc) is 2.74. The van der Waals surface area contributed by atoms with Crippen molar-refractivity contribution in [1.82, 2.24) is 20.2 Å². The molecule has 1 aromatic rings. The third kappa shape index (κ3) is 2.05. The van der Waals surface area contributed by atoms with Crippen molar-refractivity contribution in [1.29, 1.82) is 0 Å². The first kappa shape index (κ1) is 11.0. The largest absolute Gasteiger partial charge is 0.469 e. The number of hydrogen-bond acceptors (Lipinski definition) is 5. The highest BCUT2D eigenvalue weighted by Gasteiger charge is 2.31. The maximum atomic E-state index is 11.5. The Hall–Kier alpha value is -1.46. The van der Waals surface area contributed by atoms with Crippen molar-refractivity contribution in [3.63, 3.8) is 0 Å². The Morgan fingerprint density at radius 1 is 1.50 bits per heavy atom. The molecule has 1 aliphatic carbocycles. The van der Waals surface area contributed by atoms with E-state index in [4.69, 9.17) is 4.74 Å². The SMILES string of the molecule is COC(=O)[C@H]1CCC[C@@H](c2nnnn2C)C1. The van der Waals surface area contributed by atoms with E-state index in [9.17, 15) is 4.79 Å². The van der Waals surface area contributed by atoms with Crippen LogP contribution in [0.4, 0.5) is 0 Å². The molecule has 1 aliphatic rings. The Morgan fingerprint density at radius 3 is 2.94 bits per heavy atom. The molecular formula is C10H16N4O2. The highest BCUT2D eigenvalue weighted by atomic mass is 16.5. The number of aromatic nitrogens is 4. The van der Waals surface area contributed by atoms with Crippen LogP contribution in [-0.4, -0.2) is 33.3 Å². The second kappa shape index (κ2) is 4.59. The predicted octanol–water partition coefficient (Wildman–Crippen LogP) is 0.657. The molecule has 2 atom stereocenters. The zero-order valence-electron chi connectivity index (χ0n) is 9.59. The zero-order chi connectivity index (χ0) is 11.5. The van der Waals surface area contributed by atoms with Gasteiger partial charge in [-0.3, -0.25) is 4.79 Å². The minimum absolute atomic E-state index is 0.000417. The van der Waals surface area contributed by atoms with E-state index >= 15 is 0 Å². The molecule has 6 nitrogen and oxygen atoms in total. The van der Waals surface area contributed by atoms with Gasteiger partial charge in [0.2, 0.25) is 0 Å². The summed E-state index contributed by atoms with van der Waals surface area (Å²) in [6.07, 6.45) is 3.77. The van der Waals surface area contributed by atoms with E-state index in [1.54, 1.807) is 4.68 Å². The summed E-state index contributed by atoms with van der Waals surface area (Å²) >= 11 is 0. The minimum atomic E-state index is -0.111. The molecular weight excluding hydrogens is 208 g/mol. The van der Waals surface area contributed by atoms with Crippen molar-refractivity contribution in [2.24, 2.45) is 13.0 Å². The monoisotopic (exact) mass is 224 g/mol. The fourth-order valence-electron chi connectivity index (χ4n) is 2.39. The number of carbonyl (C=O) groups excluding carboxylic acids is 1. The molecule has 0 unspecified atom stereocenters. The quantitative estimate of drug-likeness (QED) is 0.690. The Bertz CT molecular complexity index is 377. The van der Waals surface area contributed by atoms with Crippen molar-refractivity contribution >= 4 is 5.97 Å². The van der Waals surface area contributed by atoms with E-state index in [0.717, 1.165) is 31.5 Å². The molecule has 0 radical (unpaired) electrons. The van der Waals surface area contributed by atoms with Crippen LogP contribution in [0.25, 0.3) is 0 Å². The first-order valence-corrected chi connectivity index (χ1v) is 5.52.